The number of benzene rings is 1. The minimum absolute atomic E-state index is 0.0386. The number of hydrogen-bond donors (Lipinski definition) is 0. The highest BCUT2D eigenvalue weighted by molar-refractivity contribution is 5.88. The molecule has 2 bridgehead atoms. The number of carbonyl (C=O) groups is 2. The SMILES string of the molecule is COc1ccc(COC(=O)[C@]2(C)CCC[C@@]3(C)[C@@H]4CC[C@@]5(C)C[C@]4(CC[C@@H]32)CC5=O)cc1. The Kier molecular flexibility index (Phi) is 5.04. The third kappa shape index (κ3) is 3.08. The van der Waals surface area contributed by atoms with Gasteiger partial charge in [0.25, 0.3) is 0 Å². The smallest absolute Gasteiger partial charge is 0.312 e. The Bertz CT molecular complexity index is 922. The Morgan fingerprint density at radius 1 is 1.00 bits per heavy atom. The van der Waals surface area contributed by atoms with Gasteiger partial charge in [0.2, 0.25) is 0 Å². The van der Waals surface area contributed by atoms with Crippen molar-refractivity contribution in [2.75, 3.05) is 7.11 Å². The Balaban J connectivity index is 1.36. The Morgan fingerprint density at radius 2 is 1.72 bits per heavy atom. The highest BCUT2D eigenvalue weighted by Crippen LogP contribution is 2.73. The normalized spacial score (nSPS) is 42.7. The van der Waals surface area contributed by atoms with Crippen LogP contribution in [0.2, 0.25) is 0 Å². The molecule has 0 heterocycles. The molecular weight excluding hydrogens is 400 g/mol. The molecule has 6 atom stereocenters. The largest absolute Gasteiger partial charge is 0.497 e. The van der Waals surface area contributed by atoms with Crippen LogP contribution in [-0.4, -0.2) is 18.9 Å². The van der Waals surface area contributed by atoms with Crippen LogP contribution >= 0.6 is 0 Å². The van der Waals surface area contributed by atoms with E-state index in [4.69, 9.17) is 9.47 Å². The number of ether oxygens (including phenoxy) is 2. The van der Waals surface area contributed by atoms with E-state index >= 15 is 0 Å². The first-order valence-electron chi connectivity index (χ1n) is 12.5. The van der Waals surface area contributed by atoms with Crippen LogP contribution in [0.4, 0.5) is 0 Å². The van der Waals surface area contributed by atoms with E-state index in [2.05, 4.69) is 20.8 Å². The van der Waals surface area contributed by atoms with Crippen molar-refractivity contribution < 1.29 is 19.1 Å². The molecule has 4 nitrogen and oxygen atoms in total. The molecule has 1 aromatic rings. The Labute approximate surface area is 192 Å². The lowest BCUT2D eigenvalue weighted by Crippen LogP contribution is -2.58. The summed E-state index contributed by atoms with van der Waals surface area (Å²) in [6.45, 7) is 7.12. The molecule has 0 unspecified atom stereocenters. The minimum atomic E-state index is -0.440. The van der Waals surface area contributed by atoms with Crippen LogP contribution in [0.15, 0.2) is 24.3 Å². The number of methoxy groups -OCH3 is 1. The van der Waals surface area contributed by atoms with Gasteiger partial charge < -0.3 is 9.47 Å². The molecule has 4 heteroatoms. The molecule has 4 aliphatic carbocycles. The fourth-order valence-corrected chi connectivity index (χ4v) is 8.78. The molecular formula is C28H38O4. The fraction of sp³-hybridized carbons (Fsp3) is 0.714. The molecule has 0 aliphatic heterocycles. The minimum Gasteiger partial charge on any atom is -0.497 e. The van der Waals surface area contributed by atoms with E-state index in [9.17, 15) is 9.59 Å². The molecule has 0 aromatic heterocycles. The second-order valence-electron chi connectivity index (χ2n) is 12.1. The van der Waals surface area contributed by atoms with Gasteiger partial charge in [-0.05, 0) is 92.2 Å². The number of Topliss-reactive ketones (excluding diaryl/α,β-unsaturated/α-hetero) is 1. The molecule has 0 saturated heterocycles. The molecule has 0 N–H and O–H groups in total. The molecule has 4 fully saturated rings. The molecule has 0 radical (unpaired) electrons. The number of esters is 1. The maximum atomic E-state index is 13.5. The first-order valence-corrected chi connectivity index (χ1v) is 12.5. The molecule has 1 aromatic carbocycles. The fourth-order valence-electron chi connectivity index (χ4n) is 8.78. The molecule has 4 aliphatic rings. The van der Waals surface area contributed by atoms with Crippen molar-refractivity contribution >= 4 is 11.8 Å². The van der Waals surface area contributed by atoms with Crippen LogP contribution in [0, 0.1) is 33.5 Å². The van der Waals surface area contributed by atoms with Crippen LogP contribution < -0.4 is 4.74 Å². The predicted octanol–water partition coefficient (Wildman–Crippen LogP) is 6.11. The van der Waals surface area contributed by atoms with Crippen LogP contribution in [0.5, 0.6) is 5.75 Å². The van der Waals surface area contributed by atoms with Gasteiger partial charge >= 0.3 is 5.97 Å². The number of hydrogen-bond acceptors (Lipinski definition) is 4. The van der Waals surface area contributed by atoms with Crippen molar-refractivity contribution in [3.63, 3.8) is 0 Å². The average molecular weight is 439 g/mol. The third-order valence-corrected chi connectivity index (χ3v) is 10.4. The molecule has 32 heavy (non-hydrogen) atoms. The van der Waals surface area contributed by atoms with E-state index in [0.717, 1.165) is 62.7 Å². The first-order chi connectivity index (χ1) is 15.2. The summed E-state index contributed by atoms with van der Waals surface area (Å²) in [5.41, 5.74) is 0.760. The van der Waals surface area contributed by atoms with E-state index in [1.807, 2.05) is 24.3 Å². The Morgan fingerprint density at radius 3 is 2.44 bits per heavy atom. The maximum absolute atomic E-state index is 13.5. The molecule has 0 amide bonds. The second kappa shape index (κ2) is 7.33. The van der Waals surface area contributed by atoms with E-state index in [-0.39, 0.29) is 22.2 Å². The summed E-state index contributed by atoms with van der Waals surface area (Å²) >= 11 is 0. The van der Waals surface area contributed by atoms with Gasteiger partial charge in [-0.2, -0.15) is 0 Å². The van der Waals surface area contributed by atoms with Crippen LogP contribution in [-0.2, 0) is 20.9 Å². The van der Waals surface area contributed by atoms with Gasteiger partial charge in [-0.1, -0.05) is 32.4 Å². The van der Waals surface area contributed by atoms with Crippen LogP contribution in [0.3, 0.4) is 0 Å². The second-order valence-corrected chi connectivity index (χ2v) is 12.1. The topological polar surface area (TPSA) is 52.6 Å². The van der Waals surface area contributed by atoms with Gasteiger partial charge in [0.05, 0.1) is 12.5 Å². The summed E-state index contributed by atoms with van der Waals surface area (Å²) in [7, 11) is 1.65. The number of carbonyl (C=O) groups excluding carboxylic acids is 2. The summed E-state index contributed by atoms with van der Waals surface area (Å²) in [4.78, 5) is 26.4. The summed E-state index contributed by atoms with van der Waals surface area (Å²) in [6, 6.07) is 7.73. The zero-order valence-corrected chi connectivity index (χ0v) is 20.2. The van der Waals surface area contributed by atoms with Crippen molar-refractivity contribution in [3.05, 3.63) is 29.8 Å². The summed E-state index contributed by atoms with van der Waals surface area (Å²) < 4.78 is 11.2. The van der Waals surface area contributed by atoms with Crippen molar-refractivity contribution in [1.82, 2.24) is 0 Å². The van der Waals surface area contributed by atoms with Gasteiger partial charge in [0, 0.05) is 11.8 Å². The lowest BCUT2D eigenvalue weighted by Gasteiger charge is -2.63. The van der Waals surface area contributed by atoms with E-state index in [0.29, 0.717) is 24.2 Å². The van der Waals surface area contributed by atoms with Gasteiger partial charge in [-0.15, -0.1) is 0 Å². The standard InChI is InChI=1S/C28H38O4/c1-25-14-10-22-26(2)12-5-13-27(3,21(26)11-15-28(22,18-25)16-23(25)29)24(30)32-17-19-6-8-20(31-4)9-7-19/h6-9,21-22H,5,10-18H2,1-4H3/t21-,22-,25-,26+,27+,28-/m0/s1. The predicted molar refractivity (Wildman–Crippen MR) is 123 cm³/mol. The van der Waals surface area contributed by atoms with E-state index < -0.39 is 5.41 Å². The van der Waals surface area contributed by atoms with Gasteiger partial charge in [-0.3, -0.25) is 9.59 Å². The van der Waals surface area contributed by atoms with Gasteiger partial charge in [0.15, 0.2) is 0 Å². The average Bonchev–Trinajstić information content (AvgIpc) is 2.95. The highest BCUT2D eigenvalue weighted by atomic mass is 16.5. The molecule has 5 rings (SSSR count). The van der Waals surface area contributed by atoms with Crippen molar-refractivity contribution in [2.24, 2.45) is 33.5 Å². The number of ketones is 1. The monoisotopic (exact) mass is 438 g/mol. The third-order valence-electron chi connectivity index (χ3n) is 10.4. The van der Waals surface area contributed by atoms with Crippen molar-refractivity contribution in [1.29, 1.82) is 0 Å². The molecule has 4 saturated carbocycles. The summed E-state index contributed by atoms with van der Waals surface area (Å²) in [5.74, 6) is 2.16. The summed E-state index contributed by atoms with van der Waals surface area (Å²) in [5, 5.41) is 0. The quantitative estimate of drug-likeness (QED) is 0.532. The van der Waals surface area contributed by atoms with Gasteiger partial charge in [-0.25, -0.2) is 0 Å². The Hall–Kier alpha value is -1.84. The van der Waals surface area contributed by atoms with Crippen LogP contribution in [0.25, 0.3) is 0 Å². The van der Waals surface area contributed by atoms with Crippen molar-refractivity contribution in [2.45, 2.75) is 85.2 Å². The van der Waals surface area contributed by atoms with Crippen molar-refractivity contribution in [3.8, 4) is 5.75 Å². The lowest BCUT2D eigenvalue weighted by molar-refractivity contribution is -0.188. The number of fused-ring (bicyclic) bond motifs is 3. The summed E-state index contributed by atoms with van der Waals surface area (Å²) in [6.07, 6.45) is 9.32. The zero-order chi connectivity index (χ0) is 22.8. The molecule has 174 valence electrons. The maximum Gasteiger partial charge on any atom is 0.312 e. The lowest BCUT2D eigenvalue weighted by atomic mass is 9.40. The van der Waals surface area contributed by atoms with Gasteiger partial charge in [0.1, 0.15) is 18.1 Å². The first kappa shape index (κ1) is 22.0. The highest BCUT2D eigenvalue weighted by Gasteiger charge is 2.68. The van der Waals surface area contributed by atoms with Crippen LogP contribution in [0.1, 0.15) is 84.1 Å². The molecule has 1 spiro atoms. The van der Waals surface area contributed by atoms with E-state index in [1.165, 1.54) is 6.42 Å². The number of rotatable bonds is 4. The van der Waals surface area contributed by atoms with E-state index in [1.54, 1.807) is 7.11 Å². The zero-order valence-electron chi connectivity index (χ0n) is 20.2.